The van der Waals surface area contributed by atoms with Gasteiger partial charge in [-0.15, -0.1) is 0 Å². The summed E-state index contributed by atoms with van der Waals surface area (Å²) in [5, 5.41) is 16.7. The first-order chi connectivity index (χ1) is 21.2. The average molecular weight is 631 g/mol. The average Bonchev–Trinajstić information content (AvgIpc) is 2.97. The number of nitrogens with one attached hydrogen (secondary N) is 2. The second-order valence-electron chi connectivity index (χ2n) is 10.3. The number of benzene rings is 3. The lowest BCUT2D eigenvalue weighted by Crippen LogP contribution is -2.43. The first kappa shape index (κ1) is 34.6. The van der Waals surface area contributed by atoms with Crippen molar-refractivity contribution >= 4 is 34.6 Å². The zero-order valence-corrected chi connectivity index (χ0v) is 24.6. The summed E-state index contributed by atoms with van der Waals surface area (Å²) in [6.45, 7) is 0.781. The van der Waals surface area contributed by atoms with Crippen LogP contribution in [0.25, 0.3) is 10.8 Å². The third-order valence-corrected chi connectivity index (χ3v) is 6.55. The number of carboxylic acids is 1. The van der Waals surface area contributed by atoms with E-state index in [1.165, 1.54) is 12.6 Å². The highest BCUT2D eigenvalue weighted by atomic mass is 19.4. The van der Waals surface area contributed by atoms with E-state index in [2.05, 4.69) is 32.7 Å². The van der Waals surface area contributed by atoms with Crippen LogP contribution in [-0.2, 0) is 29.0 Å². The Morgan fingerprint density at radius 1 is 1.02 bits per heavy atom. The molecule has 0 aliphatic rings. The highest BCUT2D eigenvalue weighted by molar-refractivity contribution is 5.98. The zero-order valence-electron chi connectivity index (χ0n) is 24.6. The van der Waals surface area contributed by atoms with Crippen LogP contribution in [0.1, 0.15) is 32.6 Å². The van der Waals surface area contributed by atoms with E-state index in [4.69, 9.17) is 4.79 Å². The summed E-state index contributed by atoms with van der Waals surface area (Å²) < 4.78 is 60.1. The number of carbonyl (C=O) groups is 3. The quantitative estimate of drug-likeness (QED) is 0.159. The van der Waals surface area contributed by atoms with Gasteiger partial charge in [-0.2, -0.15) is 13.2 Å². The Morgan fingerprint density at radius 3 is 2.33 bits per heavy atom. The predicted molar refractivity (Wildman–Crippen MR) is 159 cm³/mol. The predicted octanol–water partition coefficient (Wildman–Crippen LogP) is 5.38. The van der Waals surface area contributed by atoms with Gasteiger partial charge in [-0.05, 0) is 72.4 Å². The smallest absolute Gasteiger partial charge is 0.446 e. The number of rotatable bonds is 10. The Hall–Kier alpha value is -4.91. The van der Waals surface area contributed by atoms with Crippen LogP contribution < -0.4 is 10.6 Å². The van der Waals surface area contributed by atoms with Gasteiger partial charge in [0.1, 0.15) is 17.4 Å². The number of aldehydes is 1. The lowest BCUT2D eigenvalue weighted by molar-refractivity contribution is -0.156. The van der Waals surface area contributed by atoms with Crippen molar-refractivity contribution in [1.29, 1.82) is 0 Å². The molecule has 0 fully saturated rings. The van der Waals surface area contributed by atoms with Gasteiger partial charge in [0.25, 0.3) is 5.91 Å². The van der Waals surface area contributed by atoms with E-state index >= 15 is 0 Å². The molecule has 0 bridgehead atoms. The van der Waals surface area contributed by atoms with Gasteiger partial charge in [-0.3, -0.25) is 14.6 Å². The fraction of sp³-hybridized carbons (Fsp3) is 0.250. The molecular weight excluding hydrogens is 599 g/mol. The zero-order chi connectivity index (χ0) is 33.3. The van der Waals surface area contributed by atoms with E-state index in [0.29, 0.717) is 12.0 Å². The summed E-state index contributed by atoms with van der Waals surface area (Å²) in [6.07, 6.45) is -1.57. The van der Waals surface area contributed by atoms with Gasteiger partial charge in [-0.1, -0.05) is 30.3 Å². The second kappa shape index (κ2) is 15.2. The molecule has 0 saturated heterocycles. The first-order valence-corrected chi connectivity index (χ1v) is 13.5. The molecule has 1 amide bonds. The Balaban J connectivity index is 0.000000838. The van der Waals surface area contributed by atoms with Gasteiger partial charge < -0.3 is 20.6 Å². The number of alkyl halides is 3. The molecule has 0 aliphatic heterocycles. The number of hydrogen-bond acceptors (Lipinski definition) is 6. The molecule has 13 heteroatoms. The largest absolute Gasteiger partial charge is 0.480 e. The number of anilines is 1. The molecule has 4 rings (SSSR count). The lowest BCUT2D eigenvalue weighted by atomic mass is 9.95. The van der Waals surface area contributed by atoms with Crippen LogP contribution in [0.15, 0.2) is 67.0 Å². The van der Waals surface area contributed by atoms with Crippen molar-refractivity contribution < 1.29 is 41.4 Å². The SMILES string of the molecule is CNc1ccc(F)c(C(=O)NC(Cc2cccc(Cc3cc(CN(C)C)cc4ccncc34)c2)C(=O)O)c1F.O=CC(F)(F)F. The minimum absolute atomic E-state index is 0.0627. The summed E-state index contributed by atoms with van der Waals surface area (Å²) in [6, 6.07) is 14.4. The normalized spacial score (nSPS) is 11.8. The molecule has 45 heavy (non-hydrogen) atoms. The van der Waals surface area contributed by atoms with E-state index in [9.17, 15) is 36.6 Å². The number of aromatic nitrogens is 1. The van der Waals surface area contributed by atoms with Gasteiger partial charge in [0, 0.05) is 37.8 Å². The Labute approximate surface area is 255 Å². The second-order valence-corrected chi connectivity index (χ2v) is 10.3. The van der Waals surface area contributed by atoms with Crippen LogP contribution in [-0.4, -0.2) is 66.5 Å². The number of halogens is 5. The number of fused-ring (bicyclic) bond motifs is 1. The van der Waals surface area contributed by atoms with Crippen LogP contribution >= 0.6 is 0 Å². The monoisotopic (exact) mass is 630 g/mol. The Kier molecular flexibility index (Phi) is 11.7. The lowest BCUT2D eigenvalue weighted by Gasteiger charge is -2.17. The number of hydrogen-bond donors (Lipinski definition) is 3. The molecule has 1 atom stereocenters. The van der Waals surface area contributed by atoms with Gasteiger partial charge >= 0.3 is 12.1 Å². The van der Waals surface area contributed by atoms with Gasteiger partial charge in [0.15, 0.2) is 5.82 Å². The van der Waals surface area contributed by atoms with Crippen LogP contribution in [0, 0.1) is 11.6 Å². The molecule has 3 aromatic carbocycles. The standard InChI is InChI=1S/C30H30F2N4O3.C2HF3O/c1-33-25-8-7-24(31)27(28(25)32)29(37)35-26(30(38)39)15-19-6-4-5-18(11-19)12-22-14-20(17-36(2)3)13-21-9-10-34-16-23(21)22;3-2(4,5)1-6/h4-11,13-14,16,26,33H,12,15,17H2,1-3H3,(H,35,37)(H,38,39);1H. The maximum Gasteiger partial charge on any atom is 0.446 e. The molecule has 0 radical (unpaired) electrons. The topological polar surface area (TPSA) is 112 Å². The number of carbonyl (C=O) groups excluding carboxylic acids is 2. The fourth-order valence-corrected chi connectivity index (χ4v) is 4.65. The number of pyridine rings is 1. The van der Waals surface area contributed by atoms with Gasteiger partial charge in [0.05, 0.1) is 5.69 Å². The van der Waals surface area contributed by atoms with E-state index in [-0.39, 0.29) is 12.1 Å². The number of aliphatic carboxylic acids is 1. The number of nitrogens with zero attached hydrogens (tertiary/aromatic N) is 2. The van der Waals surface area contributed by atoms with Gasteiger partial charge in [-0.25, -0.2) is 13.6 Å². The summed E-state index contributed by atoms with van der Waals surface area (Å²) in [5.41, 5.74) is 2.97. The third-order valence-electron chi connectivity index (χ3n) is 6.55. The third kappa shape index (κ3) is 9.80. The van der Waals surface area contributed by atoms with Crippen molar-refractivity contribution in [3.05, 3.63) is 106 Å². The molecule has 0 spiro atoms. The van der Waals surface area contributed by atoms with Gasteiger partial charge in [0.2, 0.25) is 6.29 Å². The minimum Gasteiger partial charge on any atom is -0.480 e. The summed E-state index contributed by atoms with van der Waals surface area (Å²) >= 11 is 0. The van der Waals surface area contributed by atoms with E-state index in [1.54, 1.807) is 12.3 Å². The molecule has 1 unspecified atom stereocenters. The molecule has 238 valence electrons. The maximum absolute atomic E-state index is 14.6. The maximum atomic E-state index is 14.6. The van der Waals surface area contributed by atoms with Crippen molar-refractivity contribution in [3.63, 3.8) is 0 Å². The minimum atomic E-state index is -4.64. The van der Waals surface area contributed by atoms with E-state index < -0.39 is 47.6 Å². The molecule has 1 heterocycles. The molecule has 1 aromatic heterocycles. The van der Waals surface area contributed by atoms with E-state index in [1.807, 2.05) is 44.6 Å². The Bertz CT molecular complexity index is 1680. The van der Waals surface area contributed by atoms with Crippen LogP contribution in [0.3, 0.4) is 0 Å². The van der Waals surface area contributed by atoms with Crippen molar-refractivity contribution in [3.8, 4) is 0 Å². The molecule has 8 nitrogen and oxygen atoms in total. The molecule has 3 N–H and O–H groups in total. The molecule has 0 saturated carbocycles. The molecule has 4 aromatic rings. The number of carboxylic acid groups (broad SMARTS) is 1. The summed E-state index contributed by atoms with van der Waals surface area (Å²) in [5.74, 6) is -4.61. The van der Waals surface area contributed by atoms with Crippen molar-refractivity contribution in [2.45, 2.75) is 31.6 Å². The van der Waals surface area contributed by atoms with Crippen LogP contribution in [0.4, 0.5) is 27.6 Å². The summed E-state index contributed by atoms with van der Waals surface area (Å²) in [7, 11) is 5.46. The fourth-order valence-electron chi connectivity index (χ4n) is 4.65. The van der Waals surface area contributed by atoms with Crippen LogP contribution in [0.5, 0.6) is 0 Å². The molecular formula is C32H31F5N4O4. The Morgan fingerprint density at radius 2 is 1.71 bits per heavy atom. The molecule has 0 aliphatic carbocycles. The van der Waals surface area contributed by atoms with Crippen molar-refractivity contribution in [1.82, 2.24) is 15.2 Å². The van der Waals surface area contributed by atoms with Crippen molar-refractivity contribution in [2.24, 2.45) is 0 Å². The van der Waals surface area contributed by atoms with Crippen LogP contribution in [0.2, 0.25) is 0 Å². The first-order valence-electron chi connectivity index (χ1n) is 13.5. The van der Waals surface area contributed by atoms with Crippen molar-refractivity contribution in [2.75, 3.05) is 26.5 Å². The van der Waals surface area contributed by atoms with E-state index in [0.717, 1.165) is 40.6 Å². The highest BCUT2D eigenvalue weighted by Crippen LogP contribution is 2.25. The highest BCUT2D eigenvalue weighted by Gasteiger charge is 2.26. The summed E-state index contributed by atoms with van der Waals surface area (Å²) in [4.78, 5) is 39.8. The number of amides is 1.